The fraction of sp³-hybridized carbons (Fsp3) is 0.533. The molecule has 0 radical (unpaired) electrons. The van der Waals surface area contributed by atoms with Gasteiger partial charge in [-0.15, -0.1) is 0 Å². The monoisotopic (exact) mass is 325 g/mol. The van der Waals surface area contributed by atoms with Gasteiger partial charge < -0.3 is 10.6 Å². The Morgan fingerprint density at radius 2 is 2.00 bits per heavy atom. The van der Waals surface area contributed by atoms with Crippen LogP contribution < -0.4 is 10.6 Å². The van der Waals surface area contributed by atoms with Gasteiger partial charge in [-0.25, -0.2) is 12.7 Å². The number of carbonyl (C=O) groups excluding carboxylic acids is 1. The molecule has 1 aliphatic heterocycles. The normalized spacial score (nSPS) is 17.1. The van der Waals surface area contributed by atoms with E-state index in [1.165, 1.54) is 18.4 Å². The van der Waals surface area contributed by atoms with E-state index < -0.39 is 10.0 Å². The van der Waals surface area contributed by atoms with Gasteiger partial charge in [0.1, 0.15) is 0 Å². The average Bonchev–Trinajstić information content (AvgIpc) is 2.42. The fourth-order valence-corrected chi connectivity index (χ4v) is 3.44. The van der Waals surface area contributed by atoms with Crippen molar-refractivity contribution in [3.05, 3.63) is 29.8 Å². The summed E-state index contributed by atoms with van der Waals surface area (Å²) in [5, 5.41) is 6.00. The van der Waals surface area contributed by atoms with Crippen molar-refractivity contribution >= 4 is 15.9 Å². The summed E-state index contributed by atoms with van der Waals surface area (Å²) in [6.07, 6.45) is 0. The molecule has 1 fully saturated rings. The van der Waals surface area contributed by atoms with Crippen LogP contribution in [0.25, 0.3) is 0 Å². The lowest BCUT2D eigenvalue weighted by Crippen LogP contribution is -2.49. The summed E-state index contributed by atoms with van der Waals surface area (Å²) in [6.45, 7) is 3.84. The molecule has 22 heavy (non-hydrogen) atoms. The van der Waals surface area contributed by atoms with Crippen LogP contribution >= 0.6 is 0 Å². The van der Waals surface area contributed by atoms with Crippen LogP contribution in [0.3, 0.4) is 0 Å². The Morgan fingerprint density at radius 3 is 2.55 bits per heavy atom. The van der Waals surface area contributed by atoms with E-state index in [-0.39, 0.29) is 23.3 Å². The van der Waals surface area contributed by atoms with Crippen LogP contribution in [0, 0.1) is 11.8 Å². The number of nitrogens with zero attached hydrogens (tertiary/aromatic N) is 1. The van der Waals surface area contributed by atoms with Gasteiger partial charge in [0, 0.05) is 26.6 Å². The summed E-state index contributed by atoms with van der Waals surface area (Å²) in [5.41, 5.74) is 0.600. The van der Waals surface area contributed by atoms with Gasteiger partial charge in [0.2, 0.25) is 15.9 Å². The van der Waals surface area contributed by atoms with Crippen LogP contribution in [0.15, 0.2) is 29.2 Å². The largest absolute Gasteiger partial charge is 0.352 e. The van der Waals surface area contributed by atoms with E-state index in [1.807, 2.05) is 6.92 Å². The highest BCUT2D eigenvalue weighted by Gasteiger charge is 2.29. The average molecular weight is 325 g/mol. The fourth-order valence-electron chi connectivity index (χ4n) is 2.32. The first-order chi connectivity index (χ1) is 10.3. The molecule has 1 aromatic rings. The Kier molecular flexibility index (Phi) is 5.20. The Bertz CT molecular complexity index is 639. The molecule has 0 bridgehead atoms. The zero-order valence-electron chi connectivity index (χ0n) is 13.2. The van der Waals surface area contributed by atoms with E-state index in [0.717, 1.165) is 13.1 Å². The van der Waals surface area contributed by atoms with Crippen LogP contribution in [0.5, 0.6) is 0 Å². The highest BCUT2D eigenvalue weighted by molar-refractivity contribution is 7.89. The molecular formula is C15H23N3O3S. The number of amides is 1. The van der Waals surface area contributed by atoms with Crippen LogP contribution in [0.4, 0.5) is 0 Å². The van der Waals surface area contributed by atoms with Crippen LogP contribution in [-0.2, 0) is 21.4 Å². The summed E-state index contributed by atoms with van der Waals surface area (Å²) >= 11 is 0. The number of benzene rings is 1. The summed E-state index contributed by atoms with van der Waals surface area (Å²) in [6, 6.07) is 6.75. The maximum atomic E-state index is 12.3. The number of sulfonamides is 1. The first-order valence-electron chi connectivity index (χ1n) is 7.33. The van der Waals surface area contributed by atoms with E-state index in [1.54, 1.807) is 24.3 Å². The zero-order chi connectivity index (χ0) is 16.3. The van der Waals surface area contributed by atoms with E-state index in [9.17, 15) is 13.2 Å². The second-order valence-corrected chi connectivity index (χ2v) is 7.94. The Morgan fingerprint density at radius 1 is 1.36 bits per heavy atom. The van der Waals surface area contributed by atoms with E-state index in [2.05, 4.69) is 10.6 Å². The second-order valence-electron chi connectivity index (χ2n) is 5.82. The maximum absolute atomic E-state index is 12.3. The molecule has 2 rings (SSSR count). The molecule has 7 heteroatoms. The third-order valence-electron chi connectivity index (χ3n) is 4.12. The van der Waals surface area contributed by atoms with Gasteiger partial charge in [0.15, 0.2) is 0 Å². The van der Waals surface area contributed by atoms with E-state index in [4.69, 9.17) is 0 Å². The number of carbonyl (C=O) groups is 1. The SMILES string of the molecule is CC(C(=O)NCc1ccccc1S(=O)(=O)N(C)C)C1CNC1. The van der Waals surface area contributed by atoms with Gasteiger partial charge in [0.05, 0.1) is 4.90 Å². The molecule has 0 saturated carbocycles. The quantitative estimate of drug-likeness (QED) is 0.794. The van der Waals surface area contributed by atoms with Crippen molar-refractivity contribution in [2.75, 3.05) is 27.2 Å². The summed E-state index contributed by atoms with van der Waals surface area (Å²) in [7, 11) is -0.521. The molecule has 0 aromatic heterocycles. The van der Waals surface area contributed by atoms with Crippen LogP contribution in [0.1, 0.15) is 12.5 Å². The minimum atomic E-state index is -3.51. The van der Waals surface area contributed by atoms with Crippen molar-refractivity contribution in [2.24, 2.45) is 11.8 Å². The molecule has 1 heterocycles. The molecule has 2 N–H and O–H groups in total. The van der Waals surface area contributed by atoms with Crippen LogP contribution in [0.2, 0.25) is 0 Å². The minimum Gasteiger partial charge on any atom is -0.352 e. The van der Waals surface area contributed by atoms with Crippen molar-refractivity contribution in [2.45, 2.75) is 18.4 Å². The molecule has 0 aliphatic carbocycles. The summed E-state index contributed by atoms with van der Waals surface area (Å²) < 4.78 is 25.8. The molecule has 1 atom stereocenters. The predicted molar refractivity (Wildman–Crippen MR) is 84.7 cm³/mol. The molecule has 1 unspecified atom stereocenters. The van der Waals surface area contributed by atoms with Gasteiger partial charge in [0.25, 0.3) is 0 Å². The minimum absolute atomic E-state index is 0.0384. The summed E-state index contributed by atoms with van der Waals surface area (Å²) in [4.78, 5) is 12.4. The molecule has 1 aliphatic rings. The Balaban J connectivity index is 2.09. The van der Waals surface area contributed by atoms with E-state index >= 15 is 0 Å². The van der Waals surface area contributed by atoms with Crippen molar-refractivity contribution in [3.8, 4) is 0 Å². The first kappa shape index (κ1) is 16.9. The molecule has 1 aromatic carbocycles. The maximum Gasteiger partial charge on any atom is 0.242 e. The van der Waals surface area contributed by atoms with Gasteiger partial charge in [-0.2, -0.15) is 0 Å². The lowest BCUT2D eigenvalue weighted by Gasteiger charge is -2.31. The van der Waals surface area contributed by atoms with Crippen molar-refractivity contribution in [1.82, 2.24) is 14.9 Å². The van der Waals surface area contributed by atoms with Gasteiger partial charge in [-0.1, -0.05) is 25.1 Å². The van der Waals surface area contributed by atoms with Crippen molar-refractivity contribution < 1.29 is 13.2 Å². The lowest BCUT2D eigenvalue weighted by atomic mass is 9.88. The van der Waals surface area contributed by atoms with Gasteiger partial charge in [-0.05, 0) is 30.6 Å². The third-order valence-corrected chi connectivity index (χ3v) is 6.03. The Hall–Kier alpha value is -1.44. The molecule has 122 valence electrons. The molecular weight excluding hydrogens is 302 g/mol. The van der Waals surface area contributed by atoms with Crippen molar-refractivity contribution in [3.63, 3.8) is 0 Å². The molecule has 1 saturated heterocycles. The lowest BCUT2D eigenvalue weighted by molar-refractivity contribution is -0.126. The number of hydrogen-bond donors (Lipinski definition) is 2. The van der Waals surface area contributed by atoms with E-state index in [0.29, 0.717) is 11.5 Å². The highest BCUT2D eigenvalue weighted by atomic mass is 32.2. The number of rotatable bonds is 6. The standard InChI is InChI=1S/C15H23N3O3S/c1-11(13-8-16-9-13)15(19)17-10-12-6-4-5-7-14(12)22(20,21)18(2)3/h4-7,11,13,16H,8-10H2,1-3H3,(H,17,19). The molecule has 0 spiro atoms. The number of hydrogen-bond acceptors (Lipinski definition) is 4. The topological polar surface area (TPSA) is 78.5 Å². The molecule has 6 nitrogen and oxygen atoms in total. The third kappa shape index (κ3) is 3.48. The zero-order valence-corrected chi connectivity index (χ0v) is 14.0. The highest BCUT2D eigenvalue weighted by Crippen LogP contribution is 2.19. The van der Waals surface area contributed by atoms with Gasteiger partial charge in [-0.3, -0.25) is 4.79 Å². The first-order valence-corrected chi connectivity index (χ1v) is 8.77. The Labute approximate surface area is 131 Å². The number of nitrogens with one attached hydrogen (secondary N) is 2. The smallest absolute Gasteiger partial charge is 0.242 e. The second kappa shape index (κ2) is 6.76. The molecule has 1 amide bonds. The predicted octanol–water partition coefficient (Wildman–Crippen LogP) is 0.409. The van der Waals surface area contributed by atoms with Crippen LogP contribution in [-0.4, -0.2) is 45.8 Å². The van der Waals surface area contributed by atoms with Crippen molar-refractivity contribution in [1.29, 1.82) is 0 Å². The van der Waals surface area contributed by atoms with Gasteiger partial charge >= 0.3 is 0 Å². The summed E-state index contributed by atoms with van der Waals surface area (Å²) in [5.74, 6) is 0.253.